The van der Waals surface area contributed by atoms with E-state index < -0.39 is 30.4 Å². The van der Waals surface area contributed by atoms with E-state index in [1.165, 1.54) is 6.20 Å². The normalized spacial score (nSPS) is 11.8. The van der Waals surface area contributed by atoms with Crippen LogP contribution in [0.25, 0.3) is 0 Å². The molecule has 0 aliphatic heterocycles. The number of nitrogens with zero attached hydrogens (tertiary/aromatic N) is 4. The average molecular weight is 297 g/mol. The van der Waals surface area contributed by atoms with Crippen LogP contribution in [-0.2, 0) is 11.2 Å². The minimum Gasteiger partial charge on any atom is -0.444 e. The second-order valence-corrected chi connectivity index (χ2v) is 5.65. The Balaban J connectivity index is 2.83. The van der Waals surface area contributed by atoms with Crippen LogP contribution < -0.4 is 5.32 Å². The number of ether oxygens (including phenoxy) is 1. The van der Waals surface area contributed by atoms with E-state index in [2.05, 4.69) is 15.6 Å². The quantitative estimate of drug-likeness (QED) is 0.660. The van der Waals surface area contributed by atoms with Crippen LogP contribution in [0.3, 0.4) is 0 Å². The number of aliphatic hydroxyl groups excluding tert-OH is 2. The molecule has 0 radical (unpaired) electrons. The number of rotatable bonds is 5. The van der Waals surface area contributed by atoms with Crippen LogP contribution in [0.15, 0.2) is 6.20 Å². The van der Waals surface area contributed by atoms with Gasteiger partial charge >= 0.3 is 6.09 Å². The summed E-state index contributed by atoms with van der Waals surface area (Å²) < 4.78 is 6.03. The monoisotopic (exact) mass is 297 g/mol. The van der Waals surface area contributed by atoms with Crippen LogP contribution in [0.2, 0.25) is 0 Å². The lowest BCUT2D eigenvalue weighted by atomic mass is 9.96. The molecule has 9 nitrogen and oxygen atoms in total. The Morgan fingerprint density at radius 1 is 1.48 bits per heavy atom. The number of nitriles is 1. The molecule has 0 atom stereocenters. The maximum Gasteiger partial charge on any atom is 0.408 e. The predicted octanol–water partition coefficient (Wildman–Crippen LogP) is -0.602. The number of hydrogen-bond donors (Lipinski definition) is 3. The molecule has 9 heteroatoms. The highest BCUT2D eigenvalue weighted by Crippen LogP contribution is 2.14. The van der Waals surface area contributed by atoms with Crippen molar-refractivity contribution in [1.29, 1.82) is 5.26 Å². The molecule has 0 unspecified atom stereocenters. The van der Waals surface area contributed by atoms with E-state index in [0.717, 1.165) is 4.68 Å². The smallest absolute Gasteiger partial charge is 0.408 e. The first-order valence-electron chi connectivity index (χ1n) is 6.28. The van der Waals surface area contributed by atoms with Gasteiger partial charge in [-0.15, -0.1) is 5.10 Å². The molecule has 0 aliphatic rings. The first kappa shape index (κ1) is 16.9. The molecule has 0 fully saturated rings. The number of aromatic nitrogens is 3. The Kier molecular flexibility index (Phi) is 5.23. The minimum absolute atomic E-state index is 0.000916. The Morgan fingerprint density at radius 2 is 2.10 bits per heavy atom. The lowest BCUT2D eigenvalue weighted by molar-refractivity contribution is 0.0293. The third-order valence-corrected chi connectivity index (χ3v) is 2.53. The lowest BCUT2D eigenvalue weighted by Gasteiger charge is -2.31. The van der Waals surface area contributed by atoms with E-state index in [-0.39, 0.29) is 6.42 Å². The van der Waals surface area contributed by atoms with E-state index in [1.54, 1.807) is 27.0 Å². The largest absolute Gasteiger partial charge is 0.444 e. The van der Waals surface area contributed by atoms with Gasteiger partial charge in [-0.05, 0) is 20.8 Å². The van der Waals surface area contributed by atoms with Crippen molar-refractivity contribution in [2.75, 3.05) is 13.2 Å². The summed E-state index contributed by atoms with van der Waals surface area (Å²) in [7, 11) is 0. The van der Waals surface area contributed by atoms with Crippen molar-refractivity contribution in [3.05, 3.63) is 11.9 Å². The van der Waals surface area contributed by atoms with Crippen molar-refractivity contribution in [2.45, 2.75) is 38.3 Å². The van der Waals surface area contributed by atoms with E-state index in [9.17, 15) is 15.0 Å². The topological polar surface area (TPSA) is 133 Å². The van der Waals surface area contributed by atoms with Gasteiger partial charge in [-0.1, -0.05) is 5.21 Å². The van der Waals surface area contributed by atoms with Gasteiger partial charge in [0.05, 0.1) is 30.6 Å². The summed E-state index contributed by atoms with van der Waals surface area (Å²) >= 11 is 0. The molecule has 0 saturated heterocycles. The number of hydrogen-bond acceptors (Lipinski definition) is 7. The molecule has 0 saturated carbocycles. The molecule has 0 spiro atoms. The molecule has 1 rings (SSSR count). The molecule has 1 aromatic heterocycles. The van der Waals surface area contributed by atoms with Crippen molar-refractivity contribution in [3.63, 3.8) is 0 Å². The summed E-state index contributed by atoms with van der Waals surface area (Å²) in [6, 6.07) is 0. The minimum atomic E-state index is -1.35. The third kappa shape index (κ3) is 5.02. The molecular formula is C12H19N5O4. The van der Waals surface area contributed by atoms with Crippen LogP contribution in [0, 0.1) is 11.5 Å². The standard InChI is InChI=1S/C12H19N5O4/c1-11(2,3)21-10(20)14-12(6-18,7-19)4-9-5-17(8-13)16-15-9/h5,18-19H,4,6-7H2,1-3H3,(H,14,20). The average Bonchev–Trinajstić information content (AvgIpc) is 2.83. The molecule has 116 valence electrons. The fourth-order valence-electron chi connectivity index (χ4n) is 1.58. The van der Waals surface area contributed by atoms with Gasteiger partial charge in [0.25, 0.3) is 0 Å². The van der Waals surface area contributed by atoms with E-state index in [4.69, 9.17) is 10.00 Å². The van der Waals surface area contributed by atoms with Crippen LogP contribution in [0.4, 0.5) is 4.79 Å². The Labute approximate surface area is 122 Å². The van der Waals surface area contributed by atoms with E-state index >= 15 is 0 Å². The van der Waals surface area contributed by atoms with Crippen LogP contribution in [0.1, 0.15) is 26.5 Å². The molecule has 0 bridgehead atoms. The number of alkyl carbamates (subject to hydrolysis) is 1. The number of carbonyl (C=O) groups is 1. The highest BCUT2D eigenvalue weighted by Gasteiger charge is 2.34. The maximum atomic E-state index is 11.8. The van der Waals surface area contributed by atoms with Gasteiger partial charge in [-0.3, -0.25) is 0 Å². The second-order valence-electron chi connectivity index (χ2n) is 5.65. The Morgan fingerprint density at radius 3 is 2.52 bits per heavy atom. The summed E-state index contributed by atoms with van der Waals surface area (Å²) in [5.74, 6) is 0. The first-order chi connectivity index (χ1) is 9.73. The SMILES string of the molecule is CC(C)(C)OC(=O)NC(CO)(CO)Cc1cn(C#N)nn1. The number of nitrogens with one attached hydrogen (secondary N) is 1. The van der Waals surface area contributed by atoms with Gasteiger partial charge in [0.1, 0.15) is 5.60 Å². The summed E-state index contributed by atoms with van der Waals surface area (Å²) in [4.78, 5) is 11.8. The maximum absolute atomic E-state index is 11.8. The van der Waals surface area contributed by atoms with Gasteiger partial charge in [0.2, 0.25) is 6.19 Å². The zero-order chi connectivity index (χ0) is 16.1. The lowest BCUT2D eigenvalue weighted by Crippen LogP contribution is -2.56. The number of amides is 1. The molecule has 1 heterocycles. The van der Waals surface area contributed by atoms with Crippen molar-refractivity contribution in [1.82, 2.24) is 20.3 Å². The molecule has 0 aliphatic carbocycles. The highest BCUT2D eigenvalue weighted by atomic mass is 16.6. The van der Waals surface area contributed by atoms with Gasteiger partial charge in [-0.2, -0.15) is 9.94 Å². The molecular weight excluding hydrogens is 278 g/mol. The molecule has 0 aromatic carbocycles. The van der Waals surface area contributed by atoms with Crippen molar-refractivity contribution < 1.29 is 19.7 Å². The zero-order valence-corrected chi connectivity index (χ0v) is 12.2. The van der Waals surface area contributed by atoms with Crippen molar-refractivity contribution in [3.8, 4) is 6.19 Å². The zero-order valence-electron chi connectivity index (χ0n) is 12.2. The van der Waals surface area contributed by atoms with Crippen LogP contribution >= 0.6 is 0 Å². The van der Waals surface area contributed by atoms with Gasteiger partial charge < -0.3 is 20.3 Å². The van der Waals surface area contributed by atoms with Crippen molar-refractivity contribution >= 4 is 6.09 Å². The Bertz CT molecular complexity index is 524. The van der Waals surface area contributed by atoms with Crippen LogP contribution in [-0.4, -0.2) is 55.7 Å². The molecule has 1 amide bonds. The predicted molar refractivity (Wildman–Crippen MR) is 71.0 cm³/mol. The fourth-order valence-corrected chi connectivity index (χ4v) is 1.58. The highest BCUT2D eigenvalue weighted by molar-refractivity contribution is 5.69. The molecule has 1 aromatic rings. The van der Waals surface area contributed by atoms with E-state index in [1.807, 2.05) is 0 Å². The molecule has 21 heavy (non-hydrogen) atoms. The Hall–Kier alpha value is -2.18. The van der Waals surface area contributed by atoms with E-state index in [0.29, 0.717) is 5.69 Å². The summed E-state index contributed by atoms with van der Waals surface area (Å²) in [5.41, 5.74) is -1.71. The second kappa shape index (κ2) is 6.51. The fraction of sp³-hybridized carbons (Fsp3) is 0.667. The summed E-state index contributed by atoms with van der Waals surface area (Å²) in [6.45, 7) is 4.05. The number of carbonyl (C=O) groups excluding carboxylic acids is 1. The summed E-state index contributed by atoms with van der Waals surface area (Å²) in [6.07, 6.45) is 2.33. The van der Waals surface area contributed by atoms with Gasteiger partial charge in [-0.25, -0.2) is 4.79 Å². The first-order valence-corrected chi connectivity index (χ1v) is 6.28. The third-order valence-electron chi connectivity index (χ3n) is 2.53. The number of aliphatic hydroxyl groups is 2. The van der Waals surface area contributed by atoms with Crippen LogP contribution in [0.5, 0.6) is 0 Å². The summed E-state index contributed by atoms with van der Waals surface area (Å²) in [5, 5.41) is 37.3. The van der Waals surface area contributed by atoms with Gasteiger partial charge in [0, 0.05) is 6.42 Å². The van der Waals surface area contributed by atoms with Crippen molar-refractivity contribution in [2.24, 2.45) is 0 Å². The van der Waals surface area contributed by atoms with Gasteiger partial charge in [0.15, 0.2) is 0 Å². The molecule has 3 N–H and O–H groups in total.